The minimum absolute atomic E-state index is 0.301. The van der Waals surface area contributed by atoms with Crippen molar-refractivity contribution in [2.75, 3.05) is 0 Å². The zero-order valence-corrected chi connectivity index (χ0v) is 39.4. The molecule has 1 nitrogen and oxygen atoms in total. The van der Waals surface area contributed by atoms with E-state index in [0.717, 1.165) is 10.9 Å². The first kappa shape index (κ1) is 43.8. The summed E-state index contributed by atoms with van der Waals surface area (Å²) in [6, 6.07) is 69.8. The third-order valence-electron chi connectivity index (χ3n) is 11.1. The molecule has 0 N–H and O–H groups in total. The van der Waals surface area contributed by atoms with Crippen LogP contribution in [0.25, 0.3) is 22.3 Å². The predicted octanol–water partition coefficient (Wildman–Crippen LogP) is 13.0. The Balaban J connectivity index is 0.000000186. The first-order chi connectivity index (χ1) is 29.5. The van der Waals surface area contributed by atoms with Crippen LogP contribution >= 0.6 is 23.6 Å². The lowest BCUT2D eigenvalue weighted by atomic mass is 9.93. The number of hydrogen-bond donors (Lipinski definition) is 0. The average molecular weight is 850 g/mol. The molecule has 1 unspecified atom stereocenters. The summed E-state index contributed by atoms with van der Waals surface area (Å²) in [5.74, 6) is 0. The zero-order chi connectivity index (χ0) is 43.1. The fourth-order valence-corrected chi connectivity index (χ4v) is 14.7. The molecule has 0 amide bonds. The monoisotopic (exact) mass is 849 g/mol. The quantitative estimate of drug-likeness (QED) is 0.132. The molecule has 0 aromatic heterocycles. The third-order valence-corrected chi connectivity index (χ3v) is 18.1. The summed E-state index contributed by atoms with van der Waals surface area (Å²) in [7, 11) is -2.98. The smallest absolute Gasteiger partial charge is 0.0674 e. The van der Waals surface area contributed by atoms with E-state index in [1.54, 1.807) is 0 Å². The molecule has 304 valence electrons. The van der Waals surface area contributed by atoms with Gasteiger partial charge in [0, 0.05) is 5.56 Å². The normalized spacial score (nSPS) is 11.6. The molecule has 0 spiro atoms. The van der Waals surface area contributed by atoms with E-state index in [4.69, 9.17) is 0 Å². The highest BCUT2D eigenvalue weighted by molar-refractivity contribution is 7.80. The summed E-state index contributed by atoms with van der Waals surface area (Å²) in [4.78, 5) is 0. The van der Waals surface area contributed by atoms with Crippen LogP contribution in [0.5, 0.6) is 0 Å². The highest BCUT2D eigenvalue weighted by Gasteiger charge is 2.40. The molecule has 8 aromatic rings. The van der Waals surface area contributed by atoms with E-state index in [9.17, 15) is 4.57 Å². The largest absolute Gasteiger partial charge is 0.382 e. The van der Waals surface area contributed by atoms with Crippen LogP contribution in [0.4, 0.5) is 0 Å². The van der Waals surface area contributed by atoms with Gasteiger partial charge in [-0.25, -0.2) is 0 Å². The summed E-state index contributed by atoms with van der Waals surface area (Å²) in [5, 5.41) is 8.83. The second-order valence-corrected chi connectivity index (χ2v) is 23.4. The topological polar surface area (TPSA) is 17.1 Å². The molecule has 0 aliphatic heterocycles. The van der Waals surface area contributed by atoms with Gasteiger partial charge >= 0.3 is 7.80 Å². The maximum absolute atomic E-state index is 13.7. The average Bonchev–Trinajstić information content (AvgIpc) is 3.26. The van der Waals surface area contributed by atoms with Crippen molar-refractivity contribution in [1.29, 1.82) is 0 Å². The summed E-state index contributed by atoms with van der Waals surface area (Å²) >= 11 is 0. The highest BCUT2D eigenvalue weighted by atomic mass is 31.1. The molecule has 1 atom stereocenters. The van der Waals surface area contributed by atoms with E-state index < -0.39 is 23.6 Å². The fourth-order valence-electron chi connectivity index (χ4n) is 8.21. The van der Waals surface area contributed by atoms with E-state index in [1.807, 2.05) is 6.07 Å². The van der Waals surface area contributed by atoms with E-state index in [1.165, 1.54) is 76.3 Å². The molecular weight excluding hydrogens is 794 g/mol. The van der Waals surface area contributed by atoms with Gasteiger partial charge in [-0.3, -0.25) is 0 Å². The molecule has 0 fully saturated rings. The predicted molar refractivity (Wildman–Crippen MR) is 272 cm³/mol. The Kier molecular flexibility index (Phi) is 14.1. The molecule has 0 bridgehead atoms. The number of hydrogen-bond acceptors (Lipinski definition) is 1. The molecule has 8 rings (SSSR count). The van der Waals surface area contributed by atoms with Gasteiger partial charge in [0.2, 0.25) is 0 Å². The van der Waals surface area contributed by atoms with Crippen molar-refractivity contribution < 1.29 is 4.57 Å². The number of aryl methyl sites for hydroxylation is 5. The number of rotatable bonds is 9. The van der Waals surface area contributed by atoms with Crippen LogP contribution in [-0.4, -0.2) is 5.16 Å². The molecule has 0 aliphatic carbocycles. The second kappa shape index (κ2) is 19.6. The van der Waals surface area contributed by atoms with Crippen LogP contribution in [0.3, 0.4) is 0 Å². The van der Waals surface area contributed by atoms with Crippen molar-refractivity contribution >= 4 is 60.8 Å². The maximum atomic E-state index is 13.7. The van der Waals surface area contributed by atoms with Crippen LogP contribution in [0, 0.1) is 34.6 Å². The van der Waals surface area contributed by atoms with Crippen molar-refractivity contribution in [3.05, 3.63) is 222 Å². The SMILES string of the molecule is Cc1cccc(C)c1-c1c(C)cccc1P(c1ccccc1)c1ccccc1.Cc1cccc(P(c2ccccc2)c2ccccc2)c1-c1c(C)cccc1[P+](=O)C(C)(C)C. The van der Waals surface area contributed by atoms with Crippen LogP contribution in [0.1, 0.15) is 48.6 Å². The van der Waals surface area contributed by atoms with Gasteiger partial charge in [-0.1, -0.05) is 193 Å². The molecule has 0 saturated heterocycles. The van der Waals surface area contributed by atoms with Gasteiger partial charge < -0.3 is 0 Å². The fraction of sp³-hybridized carbons (Fsp3) is 0.158. The molecular formula is C57H56OP3+. The Morgan fingerprint density at radius 1 is 0.328 bits per heavy atom. The molecule has 0 radical (unpaired) electrons. The standard InChI is InChI=1S/C30H31OP2.C27H25P/c1-22-14-12-20-26(32(24-16-8-6-9-17-24)25-18-10-7-11-19-25)28(22)29-23(2)15-13-21-27(29)33(31)30(3,4)5;1-20-12-10-13-21(2)26(20)27-22(3)14-11-19-25(27)28(23-15-6-4-7-16-23)24-17-8-5-9-18-24/h6-21H,1-5H3;4-19H,1-3H3/q+1;. The van der Waals surface area contributed by atoms with Gasteiger partial charge in [0.05, 0.1) is 0 Å². The Hall–Kier alpha value is -5.28. The van der Waals surface area contributed by atoms with Crippen molar-refractivity contribution in [3.63, 3.8) is 0 Å². The first-order valence-corrected chi connectivity index (χ1v) is 25.0. The highest BCUT2D eigenvalue weighted by Crippen LogP contribution is 2.44. The molecule has 4 heteroatoms. The van der Waals surface area contributed by atoms with E-state index in [0.29, 0.717) is 0 Å². The summed E-state index contributed by atoms with van der Waals surface area (Å²) in [6.07, 6.45) is 0. The summed E-state index contributed by atoms with van der Waals surface area (Å²) < 4.78 is 13.7. The van der Waals surface area contributed by atoms with Gasteiger partial charge in [-0.2, -0.15) is 0 Å². The molecule has 61 heavy (non-hydrogen) atoms. The third kappa shape index (κ3) is 9.78. The van der Waals surface area contributed by atoms with E-state index in [-0.39, 0.29) is 5.16 Å². The Labute approximate surface area is 368 Å². The minimum Gasteiger partial charge on any atom is -0.0674 e. The maximum Gasteiger partial charge on any atom is 0.382 e. The molecule has 0 aliphatic rings. The Bertz CT molecular complexity index is 2640. The first-order valence-electron chi connectivity index (χ1n) is 21.1. The van der Waals surface area contributed by atoms with Crippen molar-refractivity contribution in [3.8, 4) is 22.3 Å². The molecule has 8 aromatic carbocycles. The van der Waals surface area contributed by atoms with Gasteiger partial charge in [0.25, 0.3) is 0 Å². The minimum atomic E-state index is -1.57. The van der Waals surface area contributed by atoms with Crippen molar-refractivity contribution in [2.24, 2.45) is 0 Å². The van der Waals surface area contributed by atoms with Gasteiger partial charge in [0.15, 0.2) is 10.5 Å². The van der Waals surface area contributed by atoms with Crippen molar-refractivity contribution in [1.82, 2.24) is 0 Å². The van der Waals surface area contributed by atoms with Crippen LogP contribution in [0.15, 0.2) is 194 Å². The van der Waals surface area contributed by atoms with Crippen LogP contribution < -0.4 is 37.1 Å². The van der Waals surface area contributed by atoms with Gasteiger partial charge in [-0.05, 0) is 154 Å². The summed E-state index contributed by atoms with van der Waals surface area (Å²) in [5.41, 5.74) is 11.6. The van der Waals surface area contributed by atoms with Crippen LogP contribution in [-0.2, 0) is 4.57 Å². The zero-order valence-electron chi connectivity index (χ0n) is 36.7. The Morgan fingerprint density at radius 3 is 0.951 bits per heavy atom. The van der Waals surface area contributed by atoms with E-state index in [2.05, 4.69) is 243 Å². The second-order valence-electron chi connectivity index (χ2n) is 16.7. The number of benzene rings is 8. The lowest BCUT2D eigenvalue weighted by molar-refractivity contribution is 0.572. The lowest BCUT2D eigenvalue weighted by Gasteiger charge is -2.25. The molecule has 0 saturated carbocycles. The van der Waals surface area contributed by atoms with E-state index >= 15 is 0 Å². The lowest BCUT2D eigenvalue weighted by Crippen LogP contribution is -2.25. The summed E-state index contributed by atoms with van der Waals surface area (Å²) in [6.45, 7) is 17.2. The van der Waals surface area contributed by atoms with Gasteiger partial charge in [0.1, 0.15) is 0 Å². The Morgan fingerprint density at radius 2 is 0.607 bits per heavy atom. The molecule has 0 heterocycles. The van der Waals surface area contributed by atoms with Crippen LogP contribution in [0.2, 0.25) is 0 Å². The van der Waals surface area contributed by atoms with Crippen molar-refractivity contribution in [2.45, 2.75) is 60.5 Å². The van der Waals surface area contributed by atoms with Gasteiger partial charge in [-0.15, -0.1) is 0 Å².